The van der Waals surface area contributed by atoms with Gasteiger partial charge in [-0.15, -0.1) is 23.5 Å². The lowest BCUT2D eigenvalue weighted by Crippen LogP contribution is -1.83. The first kappa shape index (κ1) is 21.1. The number of allylic oxidation sites excluding steroid dienone is 4. The summed E-state index contributed by atoms with van der Waals surface area (Å²) in [4.78, 5) is 7.06. The van der Waals surface area contributed by atoms with E-state index in [9.17, 15) is 0 Å². The molecule has 0 saturated heterocycles. The third-order valence-electron chi connectivity index (χ3n) is 2.67. The number of nitrogens with zero attached hydrogens (tertiary/aromatic N) is 1. The summed E-state index contributed by atoms with van der Waals surface area (Å²) < 4.78 is 0. The van der Waals surface area contributed by atoms with Crippen LogP contribution in [-0.2, 0) is 0 Å². The van der Waals surface area contributed by atoms with Crippen LogP contribution in [0.4, 0.5) is 0 Å². The van der Waals surface area contributed by atoms with E-state index < -0.39 is 0 Å². The molecule has 0 spiro atoms. The second-order valence-corrected chi connectivity index (χ2v) is 6.12. The molecule has 1 aromatic heterocycles. The van der Waals surface area contributed by atoms with Gasteiger partial charge in [0.15, 0.2) is 0 Å². The summed E-state index contributed by atoms with van der Waals surface area (Å²) in [6.45, 7) is 8.40. The Hall–Kier alpha value is -0.930. The molecule has 1 heterocycles. The van der Waals surface area contributed by atoms with Crippen LogP contribution in [0.5, 0.6) is 0 Å². The summed E-state index contributed by atoms with van der Waals surface area (Å²) in [6, 6.07) is 6.01. The maximum absolute atomic E-state index is 4.38. The molecule has 122 valence electrons. The van der Waals surface area contributed by atoms with Gasteiger partial charge in [-0.05, 0) is 42.2 Å². The second kappa shape index (κ2) is 15.0. The predicted octanol–water partition coefficient (Wildman–Crippen LogP) is 6.81. The summed E-state index contributed by atoms with van der Waals surface area (Å²) in [5.74, 6) is 1.03. The van der Waals surface area contributed by atoms with Crippen LogP contribution in [0.15, 0.2) is 53.6 Å². The van der Waals surface area contributed by atoms with Crippen LogP contribution in [0.1, 0.15) is 46.2 Å². The fraction of sp³-hybridized carbons (Fsp3) is 0.421. The monoisotopic (exact) mass is 335 g/mol. The highest BCUT2D eigenvalue weighted by molar-refractivity contribution is 8.07. The summed E-state index contributed by atoms with van der Waals surface area (Å²) in [7, 11) is 0. The molecule has 0 atom stereocenters. The van der Waals surface area contributed by atoms with Crippen LogP contribution >= 0.6 is 23.5 Å². The molecule has 0 bridgehead atoms. The first-order valence-electron chi connectivity index (χ1n) is 7.95. The smallest absolute Gasteiger partial charge is 0.0765 e. The van der Waals surface area contributed by atoms with Crippen molar-refractivity contribution >= 4 is 28.4 Å². The third kappa shape index (κ3) is 9.16. The van der Waals surface area contributed by atoms with E-state index in [4.69, 9.17) is 0 Å². The Balaban J connectivity index is 0.00000211. The molecule has 1 nitrogen and oxygen atoms in total. The lowest BCUT2D eigenvalue weighted by atomic mass is 10.3. The van der Waals surface area contributed by atoms with Crippen molar-refractivity contribution in [1.29, 1.82) is 0 Å². The first-order valence-corrected chi connectivity index (χ1v) is 10.2. The molecular formula is C19H29NS2. The molecule has 0 N–H and O–H groups in total. The van der Waals surface area contributed by atoms with Crippen LogP contribution < -0.4 is 0 Å². The molecule has 0 aliphatic heterocycles. The van der Waals surface area contributed by atoms with Gasteiger partial charge >= 0.3 is 0 Å². The van der Waals surface area contributed by atoms with Crippen LogP contribution in [0.3, 0.4) is 0 Å². The van der Waals surface area contributed by atoms with Crippen molar-refractivity contribution in [2.75, 3.05) is 12.0 Å². The van der Waals surface area contributed by atoms with Gasteiger partial charge in [-0.2, -0.15) is 0 Å². The van der Waals surface area contributed by atoms with E-state index in [1.807, 2.05) is 50.0 Å². The molecule has 3 heteroatoms. The number of hydrogen-bond donors (Lipinski definition) is 0. The average molecular weight is 336 g/mol. The molecule has 0 aliphatic rings. The Morgan fingerprint density at radius 3 is 2.55 bits per heavy atom. The lowest BCUT2D eigenvalue weighted by Gasteiger charge is -2.02. The van der Waals surface area contributed by atoms with Gasteiger partial charge in [0.2, 0.25) is 0 Å². The van der Waals surface area contributed by atoms with Gasteiger partial charge in [0.1, 0.15) is 0 Å². The van der Waals surface area contributed by atoms with Gasteiger partial charge in [0, 0.05) is 16.9 Å². The van der Waals surface area contributed by atoms with Crippen molar-refractivity contribution in [3.63, 3.8) is 0 Å². The maximum Gasteiger partial charge on any atom is 0.0765 e. The van der Waals surface area contributed by atoms with Crippen LogP contribution in [0.2, 0.25) is 0 Å². The highest BCUT2D eigenvalue weighted by Crippen LogP contribution is 2.23. The molecule has 0 unspecified atom stereocenters. The van der Waals surface area contributed by atoms with Crippen molar-refractivity contribution < 1.29 is 0 Å². The number of pyridine rings is 1. The summed E-state index contributed by atoms with van der Waals surface area (Å²) in [6.07, 6.45) is 15.0. The number of rotatable bonds is 8. The fourth-order valence-corrected chi connectivity index (χ4v) is 3.12. The Labute approximate surface area is 145 Å². The molecular weight excluding hydrogens is 306 g/mol. The van der Waals surface area contributed by atoms with Gasteiger partial charge < -0.3 is 0 Å². The molecule has 0 fully saturated rings. The van der Waals surface area contributed by atoms with Gasteiger partial charge in [-0.25, -0.2) is 0 Å². The van der Waals surface area contributed by atoms with Crippen molar-refractivity contribution in [1.82, 2.24) is 4.98 Å². The molecule has 0 aliphatic carbocycles. The van der Waals surface area contributed by atoms with Crippen molar-refractivity contribution in [2.24, 2.45) is 0 Å². The average Bonchev–Trinajstić information content (AvgIpc) is 2.59. The van der Waals surface area contributed by atoms with Gasteiger partial charge in [0.05, 0.1) is 5.69 Å². The van der Waals surface area contributed by atoms with E-state index in [0.29, 0.717) is 0 Å². The Bertz CT molecular complexity index is 462. The normalized spacial score (nSPS) is 12.2. The third-order valence-corrected chi connectivity index (χ3v) is 4.64. The van der Waals surface area contributed by atoms with Crippen LogP contribution in [0, 0.1) is 0 Å². The van der Waals surface area contributed by atoms with Crippen molar-refractivity contribution in [3.8, 4) is 0 Å². The quantitative estimate of drug-likeness (QED) is 0.485. The Kier molecular flexibility index (Phi) is 14.4. The zero-order chi connectivity index (χ0) is 16.6. The number of hydrogen-bond acceptors (Lipinski definition) is 3. The Morgan fingerprint density at radius 1 is 1.23 bits per heavy atom. The molecule has 0 aromatic carbocycles. The zero-order valence-electron chi connectivity index (χ0n) is 14.5. The largest absolute Gasteiger partial charge is 0.256 e. The van der Waals surface area contributed by atoms with Gasteiger partial charge in [-0.1, -0.05) is 52.0 Å². The number of aromatic nitrogens is 1. The van der Waals surface area contributed by atoms with Crippen LogP contribution in [0.25, 0.3) is 4.91 Å². The minimum atomic E-state index is 1.03. The van der Waals surface area contributed by atoms with E-state index >= 15 is 0 Å². The molecule has 1 rings (SSSR count). The maximum atomic E-state index is 4.38. The predicted molar refractivity (Wildman–Crippen MR) is 107 cm³/mol. The van der Waals surface area contributed by atoms with Crippen LogP contribution in [-0.4, -0.2) is 17.0 Å². The highest BCUT2D eigenvalue weighted by Gasteiger charge is 1.98. The molecule has 1 aromatic rings. The topological polar surface area (TPSA) is 12.9 Å². The molecule has 22 heavy (non-hydrogen) atoms. The van der Waals surface area contributed by atoms with E-state index in [1.54, 1.807) is 11.8 Å². The number of thioether (sulfide) groups is 2. The minimum absolute atomic E-state index is 1.03. The van der Waals surface area contributed by atoms with E-state index in [0.717, 1.165) is 24.3 Å². The summed E-state index contributed by atoms with van der Waals surface area (Å²) in [5, 5.41) is 0. The standard InChI is InChI=1S/C17H23NS2.C2H6/c1-4-10-15(5-2)20-14-9-7-12-17(19-3)16-11-6-8-13-18-16;1-2/h6-13H,4-5,14H2,1-3H3;1-2H3/b9-7+,15-10-,17-12-;. The molecule has 0 saturated carbocycles. The summed E-state index contributed by atoms with van der Waals surface area (Å²) in [5.41, 5.74) is 1.04. The highest BCUT2D eigenvalue weighted by atomic mass is 32.2. The first-order chi connectivity index (χ1) is 10.8. The van der Waals surface area contributed by atoms with E-state index in [2.05, 4.69) is 49.4 Å². The molecule has 0 amide bonds. The lowest BCUT2D eigenvalue weighted by molar-refractivity contribution is 1.14. The van der Waals surface area contributed by atoms with Gasteiger partial charge in [0.25, 0.3) is 0 Å². The van der Waals surface area contributed by atoms with Crippen molar-refractivity contribution in [3.05, 3.63) is 59.3 Å². The van der Waals surface area contributed by atoms with E-state index in [-0.39, 0.29) is 0 Å². The molecule has 0 radical (unpaired) electrons. The van der Waals surface area contributed by atoms with Gasteiger partial charge in [-0.3, -0.25) is 4.98 Å². The Morgan fingerprint density at radius 2 is 2.00 bits per heavy atom. The fourth-order valence-electron chi connectivity index (χ4n) is 1.67. The second-order valence-electron chi connectivity index (χ2n) is 4.12. The van der Waals surface area contributed by atoms with Crippen molar-refractivity contribution in [2.45, 2.75) is 40.5 Å². The van der Waals surface area contributed by atoms with E-state index in [1.165, 1.54) is 9.81 Å². The summed E-state index contributed by atoms with van der Waals surface area (Å²) >= 11 is 3.65. The zero-order valence-corrected chi connectivity index (χ0v) is 16.1. The minimum Gasteiger partial charge on any atom is -0.256 e. The SMILES string of the molecule is CC.CC/C=C(/CC)SC/C=C/C=C(\SC)c1ccccn1.